The maximum Gasteiger partial charge on any atom is 0.326 e. The molecule has 5 N–H and O–H groups in total. The second-order valence-electron chi connectivity index (χ2n) is 8.93. The molecule has 1 amide bonds. The average molecular weight is 481 g/mol. The molecule has 12 heteroatoms. The van der Waals surface area contributed by atoms with E-state index in [1.807, 2.05) is 17.0 Å². The number of H-pyrrole nitrogens is 2. The van der Waals surface area contributed by atoms with Crippen LogP contribution in [-0.4, -0.2) is 65.7 Å². The minimum absolute atomic E-state index is 0.0170. The number of carbonyl (C=O) groups excluding carboxylic acids is 1. The molecular weight excluding hydrogens is 456 g/mol. The first-order valence-electron chi connectivity index (χ1n) is 11.3. The summed E-state index contributed by atoms with van der Waals surface area (Å²) in [7, 11) is 0. The average Bonchev–Trinajstić information content (AvgIpc) is 3.18. The molecule has 2 atom stereocenters. The predicted molar refractivity (Wildman–Crippen MR) is 126 cm³/mol. The van der Waals surface area contributed by atoms with Crippen LogP contribution in [0.1, 0.15) is 42.3 Å². The number of aromatic amines is 2. The quantitative estimate of drug-likeness (QED) is 0.399. The van der Waals surface area contributed by atoms with Crippen LogP contribution >= 0.6 is 11.8 Å². The summed E-state index contributed by atoms with van der Waals surface area (Å²) in [5.74, 6) is -0.210. The molecule has 0 bridgehead atoms. The highest BCUT2D eigenvalue weighted by molar-refractivity contribution is 8.04. The van der Waals surface area contributed by atoms with E-state index < -0.39 is 5.69 Å². The smallest absolute Gasteiger partial charge is 0.326 e. The van der Waals surface area contributed by atoms with Gasteiger partial charge in [0, 0.05) is 30.4 Å². The topological polar surface area (TPSA) is 158 Å². The van der Waals surface area contributed by atoms with E-state index in [9.17, 15) is 14.7 Å². The number of nitrogens with zero attached hydrogens (tertiary/aromatic N) is 5. The molecule has 0 radical (unpaired) electrons. The van der Waals surface area contributed by atoms with Crippen molar-refractivity contribution in [2.75, 3.05) is 13.1 Å². The number of carbonyl (C=O) groups is 1. The fourth-order valence-electron chi connectivity index (χ4n) is 4.29. The highest BCUT2D eigenvalue weighted by Crippen LogP contribution is 2.43. The van der Waals surface area contributed by atoms with Crippen LogP contribution in [0.5, 0.6) is 5.88 Å². The third-order valence-corrected chi connectivity index (χ3v) is 7.55. The Bertz CT molecular complexity index is 1500. The van der Waals surface area contributed by atoms with Gasteiger partial charge in [-0.15, -0.1) is 11.8 Å². The van der Waals surface area contributed by atoms with Crippen molar-refractivity contribution in [3.05, 3.63) is 55.8 Å². The van der Waals surface area contributed by atoms with Gasteiger partial charge in [0.1, 0.15) is 5.69 Å². The fourth-order valence-corrected chi connectivity index (χ4v) is 5.45. The number of imidazole rings is 1. The lowest BCUT2D eigenvalue weighted by molar-refractivity contribution is -0.125. The van der Waals surface area contributed by atoms with Gasteiger partial charge in [-0.25, -0.2) is 9.78 Å². The Morgan fingerprint density at radius 3 is 2.88 bits per heavy atom. The molecule has 11 nitrogen and oxygen atoms in total. The Kier molecular flexibility index (Phi) is 5.06. The van der Waals surface area contributed by atoms with Crippen molar-refractivity contribution in [2.24, 2.45) is 10.7 Å². The van der Waals surface area contributed by atoms with Gasteiger partial charge in [0.05, 0.1) is 28.1 Å². The number of thioether (sulfide) groups is 1. The molecule has 1 aliphatic carbocycles. The molecule has 3 aliphatic rings. The molecular formula is C22H24N8O3S. The molecule has 34 heavy (non-hydrogen) atoms. The van der Waals surface area contributed by atoms with Gasteiger partial charge in [0.15, 0.2) is 11.1 Å². The summed E-state index contributed by atoms with van der Waals surface area (Å²) in [6, 6.07) is 2.28. The number of rotatable bonds is 4. The van der Waals surface area contributed by atoms with Crippen LogP contribution in [0.15, 0.2) is 33.0 Å². The highest BCUT2D eigenvalue weighted by Gasteiger charge is 2.31. The van der Waals surface area contributed by atoms with Crippen LogP contribution in [0.4, 0.5) is 0 Å². The van der Waals surface area contributed by atoms with E-state index in [0.717, 1.165) is 29.9 Å². The van der Waals surface area contributed by atoms with Crippen LogP contribution in [0.2, 0.25) is 0 Å². The Morgan fingerprint density at radius 2 is 2.18 bits per heavy atom. The highest BCUT2D eigenvalue weighted by atomic mass is 32.2. The predicted octanol–water partition coefficient (Wildman–Crippen LogP) is -0.316. The number of aromatic nitrogens is 5. The first kappa shape index (κ1) is 21.2. The SMILES string of the molecule is NC1CCN(C(=O)C2=CCC(c3cc(=NC4CC4)n4ncc(=Cc5[nH]c(=O)[nH]c5O)c4n3)S2)C1. The molecule has 176 valence electrons. The second-order valence-corrected chi connectivity index (χ2v) is 10.2. The van der Waals surface area contributed by atoms with Crippen molar-refractivity contribution >= 4 is 29.4 Å². The Balaban J connectivity index is 1.37. The lowest BCUT2D eigenvalue weighted by Gasteiger charge is -2.17. The summed E-state index contributed by atoms with van der Waals surface area (Å²) in [4.78, 5) is 41.5. The van der Waals surface area contributed by atoms with E-state index in [2.05, 4.69) is 15.1 Å². The van der Waals surface area contributed by atoms with E-state index in [4.69, 9.17) is 15.7 Å². The zero-order valence-corrected chi connectivity index (χ0v) is 19.1. The second kappa shape index (κ2) is 8.13. The molecule has 2 aliphatic heterocycles. The number of nitrogens with one attached hydrogen (secondary N) is 2. The van der Waals surface area contributed by atoms with E-state index in [-0.39, 0.29) is 34.8 Å². The molecule has 1 saturated carbocycles. The maximum absolute atomic E-state index is 12.9. The maximum atomic E-state index is 12.9. The first-order chi connectivity index (χ1) is 16.4. The lowest BCUT2D eigenvalue weighted by atomic mass is 10.2. The first-order valence-corrected chi connectivity index (χ1v) is 12.2. The van der Waals surface area contributed by atoms with Crippen molar-refractivity contribution in [1.29, 1.82) is 0 Å². The third kappa shape index (κ3) is 3.92. The number of nitrogens with two attached hydrogens (primary N) is 1. The molecule has 1 saturated heterocycles. The number of amides is 1. The normalized spacial score (nSPS) is 23.9. The summed E-state index contributed by atoms with van der Waals surface area (Å²) in [5.41, 5.74) is 7.83. The van der Waals surface area contributed by atoms with Crippen molar-refractivity contribution in [2.45, 2.75) is 43.0 Å². The van der Waals surface area contributed by atoms with Gasteiger partial charge < -0.3 is 20.7 Å². The Hall–Kier alpha value is -3.38. The molecule has 0 aromatic carbocycles. The molecule has 2 fully saturated rings. The van der Waals surface area contributed by atoms with Gasteiger partial charge in [-0.2, -0.15) is 9.61 Å². The molecule has 3 aromatic heterocycles. The minimum Gasteiger partial charge on any atom is -0.493 e. The third-order valence-electron chi connectivity index (χ3n) is 6.24. The summed E-state index contributed by atoms with van der Waals surface area (Å²) < 4.78 is 1.68. The van der Waals surface area contributed by atoms with Crippen LogP contribution in [0.25, 0.3) is 11.7 Å². The van der Waals surface area contributed by atoms with E-state index in [1.165, 1.54) is 11.8 Å². The van der Waals surface area contributed by atoms with Crippen molar-refractivity contribution < 1.29 is 9.90 Å². The number of aromatic hydroxyl groups is 1. The number of hydrogen-bond donors (Lipinski definition) is 4. The minimum atomic E-state index is -0.497. The summed E-state index contributed by atoms with van der Waals surface area (Å²) in [5, 5.41) is 15.0. The standard InChI is InChI=1S/C22H24N8O3S/c23-12-5-6-29(10-12)21(32)17-4-3-16(34-17)14-8-18(25-13-1-2-13)30-19(26-14)11(9-24-30)7-15-20(31)28-22(33)27-15/h4,7-9,12-13,16,31H,1-3,5-6,10,23H2,(H2,27,28,33). The van der Waals surface area contributed by atoms with Gasteiger partial charge >= 0.3 is 5.69 Å². The van der Waals surface area contributed by atoms with Crippen molar-refractivity contribution in [1.82, 2.24) is 29.5 Å². The van der Waals surface area contributed by atoms with Gasteiger partial charge in [-0.3, -0.25) is 14.8 Å². The van der Waals surface area contributed by atoms with E-state index in [1.54, 1.807) is 16.8 Å². The fraction of sp³-hybridized carbons (Fsp3) is 0.409. The zero-order chi connectivity index (χ0) is 23.4. The Labute approximate surface area is 197 Å². The van der Waals surface area contributed by atoms with Crippen LogP contribution < -0.4 is 22.1 Å². The largest absolute Gasteiger partial charge is 0.493 e. The monoisotopic (exact) mass is 480 g/mol. The molecule has 5 heterocycles. The summed E-state index contributed by atoms with van der Waals surface area (Å²) in [6.07, 6.45) is 8.86. The summed E-state index contributed by atoms with van der Waals surface area (Å²) in [6.45, 7) is 1.29. The number of allylic oxidation sites excluding steroid dienone is 1. The van der Waals surface area contributed by atoms with Crippen molar-refractivity contribution in [3.8, 4) is 5.88 Å². The van der Waals surface area contributed by atoms with Gasteiger partial charge in [-0.1, -0.05) is 6.08 Å². The van der Waals surface area contributed by atoms with Crippen LogP contribution in [-0.2, 0) is 4.79 Å². The molecule has 2 unspecified atom stereocenters. The Morgan fingerprint density at radius 1 is 1.32 bits per heavy atom. The number of hydrogen-bond acceptors (Lipinski definition) is 8. The lowest BCUT2D eigenvalue weighted by Crippen LogP contribution is -2.32. The van der Waals surface area contributed by atoms with E-state index >= 15 is 0 Å². The van der Waals surface area contributed by atoms with Gasteiger partial charge in [0.25, 0.3) is 5.91 Å². The number of likely N-dealkylation sites (tertiary alicyclic amines) is 1. The van der Waals surface area contributed by atoms with Gasteiger partial charge in [0.2, 0.25) is 5.88 Å². The molecule has 0 spiro atoms. The number of fused-ring (bicyclic) bond motifs is 1. The van der Waals surface area contributed by atoms with Crippen LogP contribution in [0.3, 0.4) is 0 Å². The summed E-state index contributed by atoms with van der Waals surface area (Å²) >= 11 is 1.52. The molecule has 6 rings (SSSR count). The van der Waals surface area contributed by atoms with Crippen LogP contribution in [0, 0.1) is 0 Å². The van der Waals surface area contributed by atoms with E-state index in [0.29, 0.717) is 35.9 Å². The van der Waals surface area contributed by atoms with Gasteiger partial charge in [-0.05, 0) is 31.8 Å². The zero-order valence-electron chi connectivity index (χ0n) is 18.3. The molecule has 3 aromatic rings. The van der Waals surface area contributed by atoms with Crippen molar-refractivity contribution in [3.63, 3.8) is 0 Å².